The van der Waals surface area contributed by atoms with Crippen molar-refractivity contribution in [1.29, 1.82) is 0 Å². The summed E-state index contributed by atoms with van der Waals surface area (Å²) in [6, 6.07) is 11.2. The van der Waals surface area contributed by atoms with Gasteiger partial charge in [-0.05, 0) is 58.8 Å². The van der Waals surface area contributed by atoms with Crippen molar-refractivity contribution in [3.05, 3.63) is 30.3 Å². The minimum absolute atomic E-state index is 0.108. The number of ether oxygens (including phenoxy) is 1. The quantitative estimate of drug-likeness (QED) is 0.580. The number of rotatable bonds is 6. The molecule has 0 atom stereocenters. The van der Waals surface area contributed by atoms with Crippen LogP contribution in [-0.2, 0) is 4.74 Å². The lowest BCUT2D eigenvalue weighted by molar-refractivity contribution is -0.00255. The first-order chi connectivity index (χ1) is 13.6. The van der Waals surface area contributed by atoms with Crippen molar-refractivity contribution in [3.63, 3.8) is 0 Å². The van der Waals surface area contributed by atoms with E-state index >= 15 is 0 Å². The van der Waals surface area contributed by atoms with Gasteiger partial charge in [0, 0.05) is 50.1 Å². The van der Waals surface area contributed by atoms with Gasteiger partial charge in [-0.15, -0.1) is 0 Å². The maximum absolute atomic E-state index is 5.59. The van der Waals surface area contributed by atoms with Crippen LogP contribution in [0.4, 0.5) is 5.69 Å². The van der Waals surface area contributed by atoms with Crippen LogP contribution in [0, 0.1) is 0 Å². The van der Waals surface area contributed by atoms with Gasteiger partial charge >= 0.3 is 0 Å². The summed E-state index contributed by atoms with van der Waals surface area (Å²) in [7, 11) is 4.33. The van der Waals surface area contributed by atoms with E-state index in [1.54, 1.807) is 0 Å². The van der Waals surface area contributed by atoms with Gasteiger partial charge < -0.3 is 25.2 Å². The molecule has 0 saturated carbocycles. The van der Waals surface area contributed by atoms with Crippen LogP contribution in [0.5, 0.6) is 0 Å². The molecule has 0 unspecified atom stereocenters. The van der Waals surface area contributed by atoms with Crippen molar-refractivity contribution in [2.24, 2.45) is 4.99 Å². The number of nitrogens with one attached hydrogen (secondary N) is 2. The van der Waals surface area contributed by atoms with E-state index in [1.165, 1.54) is 5.69 Å². The largest absolute Gasteiger partial charge is 0.381 e. The summed E-state index contributed by atoms with van der Waals surface area (Å²) in [4.78, 5) is 9.80. The highest BCUT2D eigenvalue weighted by atomic mass is 16.5. The molecule has 0 radical (unpaired) electrons. The zero-order valence-corrected chi connectivity index (χ0v) is 17.8. The molecule has 3 rings (SSSR count). The fourth-order valence-electron chi connectivity index (χ4n) is 4.16. The third kappa shape index (κ3) is 5.39. The van der Waals surface area contributed by atoms with Crippen molar-refractivity contribution >= 4 is 11.6 Å². The number of nitrogens with zero attached hydrogens (tertiary/aromatic N) is 3. The first-order valence-corrected chi connectivity index (χ1v) is 10.7. The standard InChI is InChI=1S/C22H37N5O/c1-4-23-21(24-18-22(26(2)3)12-16-28-17-13-22)25-19-10-14-27(15-11-19)20-8-6-5-7-9-20/h5-9,19H,4,10-18H2,1-3H3,(H2,23,24,25). The first-order valence-electron chi connectivity index (χ1n) is 10.7. The topological polar surface area (TPSA) is 52.1 Å². The molecule has 2 fully saturated rings. The molecule has 0 aliphatic carbocycles. The smallest absolute Gasteiger partial charge is 0.191 e. The molecule has 2 N–H and O–H groups in total. The molecule has 2 saturated heterocycles. The van der Waals surface area contributed by atoms with Crippen molar-refractivity contribution in [2.45, 2.75) is 44.2 Å². The number of guanidine groups is 1. The van der Waals surface area contributed by atoms with E-state index in [1.807, 2.05) is 0 Å². The maximum Gasteiger partial charge on any atom is 0.191 e. The number of hydrogen-bond donors (Lipinski definition) is 2. The lowest BCUT2D eigenvalue weighted by atomic mass is 9.89. The Morgan fingerprint density at radius 3 is 2.46 bits per heavy atom. The van der Waals surface area contributed by atoms with Gasteiger partial charge in [0.15, 0.2) is 5.96 Å². The molecule has 0 aromatic heterocycles. The molecule has 0 amide bonds. The van der Waals surface area contributed by atoms with Gasteiger partial charge in [-0.3, -0.25) is 4.99 Å². The van der Waals surface area contributed by atoms with Crippen LogP contribution in [0.3, 0.4) is 0 Å². The Hall–Kier alpha value is -1.79. The third-order valence-electron chi connectivity index (χ3n) is 6.21. The average Bonchev–Trinajstić information content (AvgIpc) is 2.74. The SMILES string of the molecule is CCNC(=NCC1(N(C)C)CCOCC1)NC1CCN(c2ccccc2)CC1. The van der Waals surface area contributed by atoms with E-state index in [0.717, 1.165) is 71.0 Å². The number of para-hydroxylation sites is 1. The molecule has 2 heterocycles. The molecule has 0 bridgehead atoms. The van der Waals surface area contributed by atoms with Crippen molar-refractivity contribution < 1.29 is 4.74 Å². The predicted molar refractivity (Wildman–Crippen MR) is 117 cm³/mol. The van der Waals surface area contributed by atoms with Crippen LogP contribution in [0.15, 0.2) is 35.3 Å². The fourth-order valence-corrected chi connectivity index (χ4v) is 4.16. The summed E-state index contributed by atoms with van der Waals surface area (Å²) >= 11 is 0. The third-order valence-corrected chi connectivity index (χ3v) is 6.21. The summed E-state index contributed by atoms with van der Waals surface area (Å²) in [5.74, 6) is 0.952. The van der Waals surface area contributed by atoms with Crippen LogP contribution >= 0.6 is 0 Å². The van der Waals surface area contributed by atoms with Gasteiger partial charge in [0.25, 0.3) is 0 Å². The van der Waals surface area contributed by atoms with Gasteiger partial charge in [0.05, 0.1) is 6.54 Å². The highest BCUT2D eigenvalue weighted by Crippen LogP contribution is 2.26. The van der Waals surface area contributed by atoms with Crippen LogP contribution in [-0.4, -0.2) is 75.9 Å². The number of piperidine rings is 1. The highest BCUT2D eigenvalue weighted by Gasteiger charge is 2.34. The normalized spacial score (nSPS) is 21.0. The maximum atomic E-state index is 5.59. The zero-order valence-electron chi connectivity index (χ0n) is 17.8. The van der Waals surface area contributed by atoms with E-state index in [2.05, 4.69) is 71.8 Å². The molecule has 2 aliphatic heterocycles. The molecule has 1 aromatic carbocycles. The highest BCUT2D eigenvalue weighted by molar-refractivity contribution is 5.80. The summed E-state index contributed by atoms with van der Waals surface area (Å²) in [5, 5.41) is 7.13. The minimum atomic E-state index is 0.108. The number of aliphatic imine (C=N–C) groups is 1. The summed E-state index contributed by atoms with van der Waals surface area (Å²) in [5.41, 5.74) is 1.44. The average molecular weight is 388 g/mol. The van der Waals surface area contributed by atoms with E-state index < -0.39 is 0 Å². The zero-order chi connectivity index (χ0) is 19.8. The molecular weight excluding hydrogens is 350 g/mol. The lowest BCUT2D eigenvalue weighted by Gasteiger charge is -2.42. The molecule has 0 spiro atoms. The number of anilines is 1. The van der Waals surface area contributed by atoms with Crippen LogP contribution < -0.4 is 15.5 Å². The summed E-state index contributed by atoms with van der Waals surface area (Å²) in [6.45, 7) is 7.64. The Bertz CT molecular complexity index is 605. The molecule has 6 heteroatoms. The Morgan fingerprint density at radius 1 is 1.18 bits per heavy atom. The predicted octanol–water partition coefficient (Wildman–Crippen LogP) is 2.32. The molecule has 6 nitrogen and oxygen atoms in total. The Morgan fingerprint density at radius 2 is 1.86 bits per heavy atom. The van der Waals surface area contributed by atoms with Crippen LogP contribution in [0.25, 0.3) is 0 Å². The second-order valence-electron chi connectivity index (χ2n) is 8.17. The second-order valence-corrected chi connectivity index (χ2v) is 8.17. The summed E-state index contributed by atoms with van der Waals surface area (Å²) < 4.78 is 5.59. The molecule has 156 valence electrons. The minimum Gasteiger partial charge on any atom is -0.381 e. The van der Waals surface area contributed by atoms with Crippen molar-refractivity contribution in [1.82, 2.24) is 15.5 Å². The van der Waals surface area contributed by atoms with Crippen molar-refractivity contribution in [3.8, 4) is 0 Å². The molecular formula is C22H37N5O. The van der Waals surface area contributed by atoms with E-state index in [0.29, 0.717) is 6.04 Å². The van der Waals surface area contributed by atoms with Gasteiger partial charge in [0.1, 0.15) is 0 Å². The van der Waals surface area contributed by atoms with Crippen LogP contribution in [0.2, 0.25) is 0 Å². The Labute approximate surface area is 170 Å². The molecule has 1 aromatic rings. The second kappa shape index (κ2) is 10.1. The lowest BCUT2D eigenvalue weighted by Crippen LogP contribution is -2.53. The number of benzene rings is 1. The van der Waals surface area contributed by atoms with E-state index in [9.17, 15) is 0 Å². The van der Waals surface area contributed by atoms with Gasteiger partial charge in [0.2, 0.25) is 0 Å². The van der Waals surface area contributed by atoms with Crippen LogP contribution in [0.1, 0.15) is 32.6 Å². The monoisotopic (exact) mass is 387 g/mol. The van der Waals surface area contributed by atoms with E-state index in [-0.39, 0.29) is 5.54 Å². The molecule has 2 aliphatic rings. The van der Waals surface area contributed by atoms with E-state index in [4.69, 9.17) is 9.73 Å². The number of likely N-dealkylation sites (N-methyl/N-ethyl adjacent to an activating group) is 1. The van der Waals surface area contributed by atoms with Crippen molar-refractivity contribution in [2.75, 3.05) is 58.4 Å². The first kappa shape index (κ1) is 20.9. The Balaban J connectivity index is 1.56. The fraction of sp³-hybridized carbons (Fsp3) is 0.682. The van der Waals surface area contributed by atoms with Gasteiger partial charge in [-0.25, -0.2) is 0 Å². The number of hydrogen-bond acceptors (Lipinski definition) is 4. The molecule has 28 heavy (non-hydrogen) atoms. The van der Waals surface area contributed by atoms with Gasteiger partial charge in [-0.2, -0.15) is 0 Å². The Kier molecular flexibility index (Phi) is 7.57. The summed E-state index contributed by atoms with van der Waals surface area (Å²) in [6.07, 6.45) is 4.34. The van der Waals surface area contributed by atoms with Gasteiger partial charge in [-0.1, -0.05) is 18.2 Å².